The SMILES string of the molecule is COc1cnn(C)c1C(N)CC1CCCO1. The lowest BCUT2D eigenvalue weighted by atomic mass is 10.0. The summed E-state index contributed by atoms with van der Waals surface area (Å²) in [4.78, 5) is 0. The lowest BCUT2D eigenvalue weighted by molar-refractivity contribution is 0.0974. The first kappa shape index (κ1) is 11.4. The Morgan fingerprint density at radius 3 is 3.19 bits per heavy atom. The number of aryl methyl sites for hydroxylation is 1. The van der Waals surface area contributed by atoms with Gasteiger partial charge in [0.15, 0.2) is 5.75 Å². The van der Waals surface area contributed by atoms with Gasteiger partial charge in [0.05, 0.1) is 31.1 Å². The molecule has 1 aliphatic heterocycles. The Balaban J connectivity index is 2.06. The Morgan fingerprint density at radius 2 is 2.56 bits per heavy atom. The molecule has 1 fully saturated rings. The van der Waals surface area contributed by atoms with E-state index in [9.17, 15) is 0 Å². The fourth-order valence-corrected chi connectivity index (χ4v) is 2.23. The maximum absolute atomic E-state index is 6.18. The van der Waals surface area contributed by atoms with E-state index in [-0.39, 0.29) is 12.1 Å². The Hall–Kier alpha value is -1.07. The Kier molecular flexibility index (Phi) is 3.46. The molecule has 0 aliphatic carbocycles. The van der Waals surface area contributed by atoms with Gasteiger partial charge in [-0.2, -0.15) is 5.10 Å². The lowest BCUT2D eigenvalue weighted by Gasteiger charge is -2.17. The molecule has 2 heterocycles. The fourth-order valence-electron chi connectivity index (χ4n) is 2.23. The van der Waals surface area contributed by atoms with E-state index >= 15 is 0 Å². The molecule has 1 aromatic heterocycles. The highest BCUT2D eigenvalue weighted by molar-refractivity contribution is 5.27. The van der Waals surface area contributed by atoms with Gasteiger partial charge >= 0.3 is 0 Å². The predicted molar refractivity (Wildman–Crippen MR) is 60.3 cm³/mol. The van der Waals surface area contributed by atoms with E-state index in [2.05, 4.69) is 5.10 Å². The first-order chi connectivity index (χ1) is 7.72. The number of hydrogen-bond donors (Lipinski definition) is 1. The van der Waals surface area contributed by atoms with Crippen molar-refractivity contribution in [3.63, 3.8) is 0 Å². The van der Waals surface area contributed by atoms with Crippen LogP contribution in [0.3, 0.4) is 0 Å². The minimum atomic E-state index is -0.0782. The van der Waals surface area contributed by atoms with Crippen LogP contribution in [0.2, 0.25) is 0 Å². The summed E-state index contributed by atoms with van der Waals surface area (Å²) in [5, 5.41) is 4.15. The van der Waals surface area contributed by atoms with Crippen molar-refractivity contribution in [2.45, 2.75) is 31.4 Å². The Morgan fingerprint density at radius 1 is 1.75 bits per heavy atom. The van der Waals surface area contributed by atoms with Crippen molar-refractivity contribution in [1.82, 2.24) is 9.78 Å². The van der Waals surface area contributed by atoms with Crippen molar-refractivity contribution in [2.24, 2.45) is 12.8 Å². The summed E-state index contributed by atoms with van der Waals surface area (Å²) in [6, 6.07) is -0.0782. The maximum Gasteiger partial charge on any atom is 0.161 e. The molecule has 16 heavy (non-hydrogen) atoms. The number of rotatable bonds is 4. The number of ether oxygens (including phenoxy) is 2. The minimum absolute atomic E-state index is 0.0782. The van der Waals surface area contributed by atoms with Gasteiger partial charge in [-0.15, -0.1) is 0 Å². The molecule has 0 radical (unpaired) electrons. The zero-order valence-corrected chi connectivity index (χ0v) is 9.85. The molecule has 1 aromatic rings. The van der Waals surface area contributed by atoms with E-state index in [1.54, 1.807) is 18.0 Å². The van der Waals surface area contributed by atoms with Crippen molar-refractivity contribution in [1.29, 1.82) is 0 Å². The normalized spacial score (nSPS) is 22.3. The molecule has 0 aromatic carbocycles. The van der Waals surface area contributed by atoms with Crippen LogP contribution in [-0.4, -0.2) is 29.6 Å². The van der Waals surface area contributed by atoms with Gasteiger partial charge in [-0.1, -0.05) is 0 Å². The summed E-state index contributed by atoms with van der Waals surface area (Å²) in [5.74, 6) is 0.757. The van der Waals surface area contributed by atoms with Crippen molar-refractivity contribution >= 4 is 0 Å². The monoisotopic (exact) mass is 225 g/mol. The quantitative estimate of drug-likeness (QED) is 0.830. The standard InChI is InChI=1S/C11H19N3O2/c1-14-11(10(15-2)7-13-14)9(12)6-8-4-3-5-16-8/h7-9H,3-6,12H2,1-2H3. The average molecular weight is 225 g/mol. The maximum atomic E-state index is 6.18. The van der Waals surface area contributed by atoms with Crippen molar-refractivity contribution in [3.05, 3.63) is 11.9 Å². The minimum Gasteiger partial charge on any atom is -0.493 e. The molecular formula is C11H19N3O2. The third kappa shape index (κ3) is 2.20. The first-order valence-electron chi connectivity index (χ1n) is 5.65. The van der Waals surface area contributed by atoms with Crippen LogP contribution >= 0.6 is 0 Å². The molecule has 1 aliphatic rings. The molecular weight excluding hydrogens is 206 g/mol. The van der Waals surface area contributed by atoms with Gasteiger partial charge in [-0.3, -0.25) is 4.68 Å². The van der Waals surface area contributed by atoms with Gasteiger partial charge in [0, 0.05) is 13.7 Å². The molecule has 0 bridgehead atoms. The number of aromatic nitrogens is 2. The van der Waals surface area contributed by atoms with E-state index in [4.69, 9.17) is 15.2 Å². The van der Waals surface area contributed by atoms with E-state index in [0.717, 1.165) is 37.3 Å². The van der Waals surface area contributed by atoms with E-state index in [1.807, 2.05) is 7.05 Å². The lowest BCUT2D eigenvalue weighted by Crippen LogP contribution is -2.21. The fraction of sp³-hybridized carbons (Fsp3) is 0.727. The first-order valence-corrected chi connectivity index (χ1v) is 5.65. The van der Waals surface area contributed by atoms with Crippen molar-refractivity contribution < 1.29 is 9.47 Å². The summed E-state index contributed by atoms with van der Waals surface area (Å²) in [6.45, 7) is 0.861. The zero-order valence-electron chi connectivity index (χ0n) is 9.85. The molecule has 1 saturated heterocycles. The summed E-state index contributed by atoms with van der Waals surface area (Å²) in [7, 11) is 3.52. The number of methoxy groups -OCH3 is 1. The summed E-state index contributed by atoms with van der Waals surface area (Å²) in [6.07, 6.45) is 5.06. The molecule has 90 valence electrons. The number of nitrogens with zero attached hydrogens (tertiary/aromatic N) is 2. The van der Waals surface area contributed by atoms with Gasteiger partial charge in [-0.05, 0) is 19.3 Å². The largest absolute Gasteiger partial charge is 0.493 e. The molecule has 2 unspecified atom stereocenters. The summed E-state index contributed by atoms with van der Waals surface area (Å²) < 4.78 is 12.6. The highest BCUT2D eigenvalue weighted by Crippen LogP contribution is 2.28. The predicted octanol–water partition coefficient (Wildman–Crippen LogP) is 0.998. The zero-order chi connectivity index (χ0) is 11.5. The van der Waals surface area contributed by atoms with Crippen LogP contribution in [0.25, 0.3) is 0 Å². The van der Waals surface area contributed by atoms with E-state index in [0.29, 0.717) is 0 Å². The van der Waals surface area contributed by atoms with E-state index < -0.39 is 0 Å². The molecule has 0 amide bonds. The third-order valence-electron chi connectivity index (χ3n) is 3.06. The molecule has 2 atom stereocenters. The van der Waals surface area contributed by atoms with Gasteiger partial charge in [-0.25, -0.2) is 0 Å². The number of hydrogen-bond acceptors (Lipinski definition) is 4. The average Bonchev–Trinajstić information content (AvgIpc) is 2.87. The van der Waals surface area contributed by atoms with Crippen LogP contribution in [-0.2, 0) is 11.8 Å². The highest BCUT2D eigenvalue weighted by atomic mass is 16.5. The molecule has 5 heteroatoms. The van der Waals surface area contributed by atoms with Crippen LogP contribution in [0.1, 0.15) is 31.0 Å². The number of nitrogens with two attached hydrogens (primary N) is 1. The summed E-state index contributed by atoms with van der Waals surface area (Å²) in [5.41, 5.74) is 7.12. The van der Waals surface area contributed by atoms with Crippen molar-refractivity contribution in [2.75, 3.05) is 13.7 Å². The second-order valence-electron chi connectivity index (χ2n) is 4.20. The third-order valence-corrected chi connectivity index (χ3v) is 3.06. The molecule has 5 nitrogen and oxygen atoms in total. The molecule has 2 rings (SSSR count). The topological polar surface area (TPSA) is 62.3 Å². The van der Waals surface area contributed by atoms with Crippen LogP contribution in [0.4, 0.5) is 0 Å². The van der Waals surface area contributed by atoms with Crippen LogP contribution < -0.4 is 10.5 Å². The Bertz CT molecular complexity index is 345. The second kappa shape index (κ2) is 4.84. The van der Waals surface area contributed by atoms with Crippen molar-refractivity contribution in [3.8, 4) is 5.75 Å². The van der Waals surface area contributed by atoms with Crippen LogP contribution in [0.15, 0.2) is 6.20 Å². The van der Waals surface area contributed by atoms with Gasteiger partial charge < -0.3 is 15.2 Å². The molecule has 2 N–H and O–H groups in total. The van der Waals surface area contributed by atoms with E-state index in [1.165, 1.54) is 0 Å². The smallest absolute Gasteiger partial charge is 0.161 e. The van der Waals surface area contributed by atoms with Gasteiger partial charge in [0.1, 0.15) is 0 Å². The van der Waals surface area contributed by atoms with Crippen LogP contribution in [0, 0.1) is 0 Å². The molecule has 0 spiro atoms. The van der Waals surface area contributed by atoms with Crippen LogP contribution in [0.5, 0.6) is 5.75 Å². The Labute approximate surface area is 95.5 Å². The van der Waals surface area contributed by atoms with Gasteiger partial charge in [0.2, 0.25) is 0 Å². The summed E-state index contributed by atoms with van der Waals surface area (Å²) >= 11 is 0. The highest BCUT2D eigenvalue weighted by Gasteiger charge is 2.23. The molecule has 0 saturated carbocycles. The second-order valence-corrected chi connectivity index (χ2v) is 4.20. The van der Waals surface area contributed by atoms with Gasteiger partial charge in [0.25, 0.3) is 0 Å².